The Labute approximate surface area is 134 Å². The molecule has 0 bridgehead atoms. The van der Waals surface area contributed by atoms with E-state index in [-0.39, 0.29) is 16.9 Å². The molecule has 0 spiro atoms. The van der Waals surface area contributed by atoms with Crippen molar-refractivity contribution in [1.29, 1.82) is 0 Å². The number of alkyl halides is 3. The van der Waals surface area contributed by atoms with Crippen molar-refractivity contribution in [2.24, 2.45) is 5.73 Å². The van der Waals surface area contributed by atoms with E-state index in [2.05, 4.69) is 25.7 Å². The number of nitrogens with zero attached hydrogens (tertiary/aromatic N) is 4. The van der Waals surface area contributed by atoms with Crippen LogP contribution in [0.1, 0.15) is 18.4 Å². The average molecular weight is 348 g/mol. The van der Waals surface area contributed by atoms with E-state index < -0.39 is 17.4 Å². The van der Waals surface area contributed by atoms with Gasteiger partial charge in [0.05, 0.1) is 11.9 Å². The lowest BCUT2D eigenvalue weighted by Crippen LogP contribution is -2.28. The maximum atomic E-state index is 12.8. The number of halogens is 4. The molecule has 7 nitrogen and oxygen atoms in total. The first-order valence-electron chi connectivity index (χ1n) is 6.66. The fraction of sp³-hybridized carbons (Fsp3) is 0.417. The summed E-state index contributed by atoms with van der Waals surface area (Å²) in [6.45, 7) is 0. The van der Waals surface area contributed by atoms with E-state index in [0.717, 1.165) is 12.8 Å². The molecule has 2 aromatic rings. The number of hydrogen-bond acceptors (Lipinski definition) is 6. The van der Waals surface area contributed by atoms with Crippen LogP contribution < -0.4 is 16.4 Å². The standard InChI is InChI=1S/C12H13ClF3N7/c1-18-9-6(12(14,15)16)4-19-10(22-9)21-7-5-20-23(8(7)13)11(17)2-3-11/h4-5H,2-3,17H2,1H3,(H2,18,19,21,22). The fourth-order valence-electron chi connectivity index (χ4n) is 2.03. The van der Waals surface area contributed by atoms with Crippen LogP contribution >= 0.6 is 11.6 Å². The van der Waals surface area contributed by atoms with Crippen LogP contribution in [0.3, 0.4) is 0 Å². The van der Waals surface area contributed by atoms with Crippen molar-refractivity contribution in [2.75, 3.05) is 17.7 Å². The third-order valence-corrected chi connectivity index (χ3v) is 3.84. The van der Waals surface area contributed by atoms with Gasteiger partial charge >= 0.3 is 6.18 Å². The van der Waals surface area contributed by atoms with Gasteiger partial charge in [-0.2, -0.15) is 23.3 Å². The molecule has 23 heavy (non-hydrogen) atoms. The Morgan fingerprint density at radius 2 is 2.04 bits per heavy atom. The van der Waals surface area contributed by atoms with Crippen LogP contribution in [0.15, 0.2) is 12.4 Å². The topological polar surface area (TPSA) is 93.7 Å². The Bertz CT molecular complexity index is 739. The van der Waals surface area contributed by atoms with Crippen LogP contribution in [0.4, 0.5) is 30.6 Å². The Morgan fingerprint density at radius 1 is 1.35 bits per heavy atom. The summed E-state index contributed by atoms with van der Waals surface area (Å²) in [5.74, 6) is -0.373. The minimum atomic E-state index is -4.54. The lowest BCUT2D eigenvalue weighted by atomic mass is 10.3. The molecular formula is C12H13ClF3N7. The molecule has 1 aliphatic carbocycles. The Kier molecular flexibility index (Phi) is 3.60. The molecule has 2 aromatic heterocycles. The van der Waals surface area contributed by atoms with Gasteiger partial charge < -0.3 is 16.4 Å². The molecule has 0 amide bonds. The first kappa shape index (κ1) is 15.8. The van der Waals surface area contributed by atoms with Gasteiger partial charge in [0.2, 0.25) is 5.95 Å². The Balaban J connectivity index is 1.88. The van der Waals surface area contributed by atoms with E-state index in [1.165, 1.54) is 17.9 Å². The van der Waals surface area contributed by atoms with Gasteiger partial charge in [-0.05, 0) is 12.8 Å². The third kappa shape index (κ3) is 2.91. The van der Waals surface area contributed by atoms with Gasteiger partial charge in [-0.1, -0.05) is 11.6 Å². The van der Waals surface area contributed by atoms with Crippen LogP contribution in [0.5, 0.6) is 0 Å². The van der Waals surface area contributed by atoms with E-state index in [9.17, 15) is 13.2 Å². The number of aromatic nitrogens is 4. The number of hydrogen-bond donors (Lipinski definition) is 3. The maximum absolute atomic E-state index is 12.8. The van der Waals surface area contributed by atoms with Gasteiger partial charge in [0, 0.05) is 13.2 Å². The number of anilines is 3. The van der Waals surface area contributed by atoms with Gasteiger partial charge in [0.1, 0.15) is 17.0 Å². The van der Waals surface area contributed by atoms with Crippen molar-refractivity contribution in [1.82, 2.24) is 19.7 Å². The molecule has 3 rings (SSSR count). The molecule has 0 aromatic carbocycles. The predicted molar refractivity (Wildman–Crippen MR) is 78.5 cm³/mol. The zero-order chi connectivity index (χ0) is 16.8. The summed E-state index contributed by atoms with van der Waals surface area (Å²) in [4.78, 5) is 7.47. The molecule has 0 atom stereocenters. The van der Waals surface area contributed by atoms with Crippen LogP contribution in [-0.2, 0) is 11.8 Å². The summed E-state index contributed by atoms with van der Waals surface area (Å²) in [6, 6.07) is 0. The number of rotatable bonds is 4. The molecule has 0 radical (unpaired) electrons. The lowest BCUT2D eigenvalue weighted by molar-refractivity contribution is -0.137. The normalized spacial score (nSPS) is 16.3. The zero-order valence-corrected chi connectivity index (χ0v) is 12.7. The largest absolute Gasteiger partial charge is 0.421 e. The SMILES string of the molecule is CNc1nc(Nc2cnn(C3(N)CC3)c2Cl)ncc1C(F)(F)F. The maximum Gasteiger partial charge on any atom is 0.421 e. The predicted octanol–water partition coefficient (Wildman–Crippen LogP) is 2.54. The Hall–Kier alpha value is -2.07. The molecular weight excluding hydrogens is 335 g/mol. The molecule has 124 valence electrons. The smallest absolute Gasteiger partial charge is 0.372 e. The molecule has 1 aliphatic rings. The lowest BCUT2D eigenvalue weighted by Gasteiger charge is -2.13. The summed E-state index contributed by atoms with van der Waals surface area (Å²) >= 11 is 6.18. The summed E-state index contributed by atoms with van der Waals surface area (Å²) in [5.41, 5.74) is 4.84. The van der Waals surface area contributed by atoms with Crippen molar-refractivity contribution in [3.63, 3.8) is 0 Å². The molecule has 1 saturated carbocycles. The Morgan fingerprint density at radius 3 is 2.61 bits per heavy atom. The van der Waals surface area contributed by atoms with E-state index in [1.807, 2.05) is 0 Å². The van der Waals surface area contributed by atoms with E-state index in [0.29, 0.717) is 11.9 Å². The van der Waals surface area contributed by atoms with Gasteiger partial charge in [-0.25, -0.2) is 9.67 Å². The van der Waals surface area contributed by atoms with Crippen LogP contribution in [-0.4, -0.2) is 26.8 Å². The summed E-state index contributed by atoms with van der Waals surface area (Å²) in [6.07, 6.45) is -0.902. The minimum absolute atomic E-state index is 0.0364. The molecule has 1 fully saturated rings. The molecule has 0 aliphatic heterocycles. The number of nitrogens with two attached hydrogens (primary N) is 1. The molecule has 11 heteroatoms. The van der Waals surface area contributed by atoms with Gasteiger partial charge in [0.15, 0.2) is 5.15 Å². The van der Waals surface area contributed by atoms with Crippen molar-refractivity contribution >= 4 is 29.1 Å². The first-order valence-corrected chi connectivity index (χ1v) is 7.04. The van der Waals surface area contributed by atoms with Crippen LogP contribution in [0.2, 0.25) is 5.15 Å². The highest BCUT2D eigenvalue weighted by atomic mass is 35.5. The fourth-order valence-corrected chi connectivity index (χ4v) is 2.34. The highest BCUT2D eigenvalue weighted by molar-refractivity contribution is 6.32. The van der Waals surface area contributed by atoms with E-state index >= 15 is 0 Å². The zero-order valence-electron chi connectivity index (χ0n) is 11.9. The van der Waals surface area contributed by atoms with E-state index in [4.69, 9.17) is 17.3 Å². The first-order chi connectivity index (χ1) is 10.7. The quantitative estimate of drug-likeness (QED) is 0.787. The monoisotopic (exact) mass is 347 g/mol. The highest BCUT2D eigenvalue weighted by Gasteiger charge is 2.43. The van der Waals surface area contributed by atoms with Gasteiger partial charge in [-0.15, -0.1) is 0 Å². The molecule has 4 N–H and O–H groups in total. The summed E-state index contributed by atoms with van der Waals surface area (Å²) < 4.78 is 39.9. The highest BCUT2D eigenvalue weighted by Crippen LogP contribution is 2.41. The molecule has 0 saturated heterocycles. The van der Waals surface area contributed by atoms with Crippen molar-refractivity contribution in [3.8, 4) is 0 Å². The second kappa shape index (κ2) is 5.24. The minimum Gasteiger partial charge on any atom is -0.372 e. The average Bonchev–Trinajstić information content (AvgIpc) is 3.12. The van der Waals surface area contributed by atoms with Crippen molar-refractivity contribution < 1.29 is 13.2 Å². The van der Waals surface area contributed by atoms with E-state index in [1.54, 1.807) is 0 Å². The molecule has 2 heterocycles. The second-order valence-electron chi connectivity index (χ2n) is 5.19. The summed E-state index contributed by atoms with van der Waals surface area (Å²) in [5, 5.41) is 9.48. The van der Waals surface area contributed by atoms with Crippen LogP contribution in [0.25, 0.3) is 0 Å². The molecule has 0 unspecified atom stereocenters. The van der Waals surface area contributed by atoms with Crippen molar-refractivity contribution in [2.45, 2.75) is 24.7 Å². The van der Waals surface area contributed by atoms with Crippen LogP contribution in [0, 0.1) is 0 Å². The van der Waals surface area contributed by atoms with Gasteiger partial charge in [0.25, 0.3) is 0 Å². The third-order valence-electron chi connectivity index (χ3n) is 3.47. The summed E-state index contributed by atoms with van der Waals surface area (Å²) in [7, 11) is 1.34. The van der Waals surface area contributed by atoms with Gasteiger partial charge in [-0.3, -0.25) is 0 Å². The number of nitrogens with one attached hydrogen (secondary N) is 2. The second-order valence-corrected chi connectivity index (χ2v) is 5.55. The van der Waals surface area contributed by atoms with Crippen molar-refractivity contribution in [3.05, 3.63) is 23.1 Å².